The van der Waals surface area contributed by atoms with Gasteiger partial charge in [0.2, 0.25) is 0 Å². The first-order chi connectivity index (χ1) is 8.58. The van der Waals surface area contributed by atoms with Crippen LogP contribution >= 0.6 is 0 Å². The van der Waals surface area contributed by atoms with Gasteiger partial charge in [-0.2, -0.15) is 5.10 Å². The van der Waals surface area contributed by atoms with Gasteiger partial charge >= 0.3 is 0 Å². The molecule has 1 N–H and O–H groups in total. The predicted molar refractivity (Wildman–Crippen MR) is 74.6 cm³/mol. The third kappa shape index (κ3) is 3.12. The lowest BCUT2D eigenvalue weighted by Crippen LogP contribution is -2.36. The minimum absolute atomic E-state index is 0.807. The van der Waals surface area contributed by atoms with Gasteiger partial charge in [0.1, 0.15) is 0 Å². The van der Waals surface area contributed by atoms with Crippen molar-refractivity contribution < 1.29 is 0 Å². The van der Waals surface area contributed by atoms with Crippen LogP contribution in [0.15, 0.2) is 0 Å². The van der Waals surface area contributed by atoms with Crippen LogP contribution in [0.3, 0.4) is 0 Å². The molecular weight excluding hydrogens is 224 g/mol. The highest BCUT2D eigenvalue weighted by Gasteiger charge is 2.17. The Morgan fingerprint density at radius 2 is 2.22 bits per heavy atom. The Labute approximate surface area is 110 Å². The SMILES string of the molecule is Cc1nn(C)c(C)c1CN(C)C[C@@H]1CCCNC1. The minimum Gasteiger partial charge on any atom is -0.316 e. The summed E-state index contributed by atoms with van der Waals surface area (Å²) in [5, 5.41) is 7.98. The molecule has 0 spiro atoms. The molecule has 0 radical (unpaired) electrons. The number of piperidine rings is 1. The summed E-state index contributed by atoms with van der Waals surface area (Å²) in [5.74, 6) is 0.807. The molecule has 1 fully saturated rings. The fourth-order valence-corrected chi connectivity index (χ4v) is 2.90. The highest BCUT2D eigenvalue weighted by molar-refractivity contribution is 5.24. The van der Waals surface area contributed by atoms with Gasteiger partial charge in [0.15, 0.2) is 0 Å². The van der Waals surface area contributed by atoms with Crippen LogP contribution in [0.5, 0.6) is 0 Å². The lowest BCUT2D eigenvalue weighted by Gasteiger charge is -2.27. The normalized spacial score (nSPS) is 20.6. The fraction of sp³-hybridized carbons (Fsp3) is 0.786. The third-order valence-electron chi connectivity index (χ3n) is 4.06. The van der Waals surface area contributed by atoms with Crippen LogP contribution in [-0.4, -0.2) is 41.4 Å². The topological polar surface area (TPSA) is 33.1 Å². The summed E-state index contributed by atoms with van der Waals surface area (Å²) in [6.07, 6.45) is 2.69. The zero-order valence-electron chi connectivity index (χ0n) is 12.2. The van der Waals surface area contributed by atoms with Gasteiger partial charge in [0, 0.05) is 31.4 Å². The van der Waals surface area contributed by atoms with Crippen LogP contribution in [0.25, 0.3) is 0 Å². The molecule has 0 saturated carbocycles. The first-order valence-electron chi connectivity index (χ1n) is 6.96. The molecule has 1 aliphatic rings. The predicted octanol–water partition coefficient (Wildman–Crippen LogP) is 1.47. The van der Waals surface area contributed by atoms with Gasteiger partial charge in [-0.05, 0) is 52.7 Å². The van der Waals surface area contributed by atoms with Gasteiger partial charge in [-0.3, -0.25) is 4.68 Å². The maximum absolute atomic E-state index is 4.49. The number of aryl methyl sites for hydroxylation is 2. The average molecular weight is 250 g/mol. The smallest absolute Gasteiger partial charge is 0.0641 e. The summed E-state index contributed by atoms with van der Waals surface area (Å²) in [4.78, 5) is 2.44. The summed E-state index contributed by atoms with van der Waals surface area (Å²) < 4.78 is 1.99. The first-order valence-corrected chi connectivity index (χ1v) is 6.96. The zero-order chi connectivity index (χ0) is 13.1. The van der Waals surface area contributed by atoms with E-state index in [0.29, 0.717) is 0 Å². The van der Waals surface area contributed by atoms with Crippen LogP contribution in [-0.2, 0) is 13.6 Å². The van der Waals surface area contributed by atoms with Gasteiger partial charge in [-0.1, -0.05) is 0 Å². The summed E-state index contributed by atoms with van der Waals surface area (Å²) in [6.45, 7) is 8.84. The number of hydrogen-bond acceptors (Lipinski definition) is 3. The highest BCUT2D eigenvalue weighted by atomic mass is 15.3. The maximum atomic E-state index is 4.49. The Morgan fingerprint density at radius 3 is 2.78 bits per heavy atom. The lowest BCUT2D eigenvalue weighted by atomic mass is 9.99. The fourth-order valence-electron chi connectivity index (χ4n) is 2.90. The summed E-state index contributed by atoms with van der Waals surface area (Å²) in [6, 6.07) is 0. The standard InChI is InChI=1S/C14H26N4/c1-11-14(12(2)18(4)16-11)10-17(3)9-13-6-5-7-15-8-13/h13,15H,5-10H2,1-4H3/t13-/m1/s1. The molecule has 2 rings (SSSR count). The quantitative estimate of drug-likeness (QED) is 0.878. The average Bonchev–Trinajstić information content (AvgIpc) is 2.57. The molecule has 0 bridgehead atoms. The van der Waals surface area contributed by atoms with Crippen LogP contribution in [0.2, 0.25) is 0 Å². The summed E-state index contributed by atoms with van der Waals surface area (Å²) >= 11 is 0. The summed E-state index contributed by atoms with van der Waals surface area (Å²) in [7, 11) is 4.25. The van der Waals surface area contributed by atoms with Crippen molar-refractivity contribution >= 4 is 0 Å². The summed E-state index contributed by atoms with van der Waals surface area (Å²) in [5.41, 5.74) is 3.86. The molecule has 2 heterocycles. The number of rotatable bonds is 4. The third-order valence-corrected chi connectivity index (χ3v) is 4.06. The molecule has 102 valence electrons. The van der Waals surface area contributed by atoms with E-state index in [1.165, 1.54) is 49.4 Å². The van der Waals surface area contributed by atoms with Gasteiger partial charge < -0.3 is 10.2 Å². The van der Waals surface area contributed by atoms with E-state index in [4.69, 9.17) is 0 Å². The minimum atomic E-state index is 0.807. The van der Waals surface area contributed by atoms with Crippen LogP contribution in [0, 0.1) is 19.8 Å². The molecule has 1 saturated heterocycles. The van der Waals surface area contributed by atoms with Gasteiger partial charge in [-0.15, -0.1) is 0 Å². The van der Waals surface area contributed by atoms with E-state index >= 15 is 0 Å². The number of hydrogen-bond donors (Lipinski definition) is 1. The van der Waals surface area contributed by atoms with Crippen molar-refractivity contribution in [2.75, 3.05) is 26.7 Å². The molecule has 0 amide bonds. The van der Waals surface area contributed by atoms with Crippen LogP contribution in [0.1, 0.15) is 29.8 Å². The largest absolute Gasteiger partial charge is 0.316 e. The van der Waals surface area contributed by atoms with E-state index in [0.717, 1.165) is 12.5 Å². The first kappa shape index (κ1) is 13.6. The van der Waals surface area contributed by atoms with Crippen LogP contribution < -0.4 is 5.32 Å². The molecule has 4 heteroatoms. The van der Waals surface area contributed by atoms with Crippen LogP contribution in [0.4, 0.5) is 0 Å². The second-order valence-electron chi connectivity index (χ2n) is 5.68. The Morgan fingerprint density at radius 1 is 1.44 bits per heavy atom. The van der Waals surface area contributed by atoms with E-state index < -0.39 is 0 Å². The van der Waals surface area contributed by atoms with Gasteiger partial charge in [0.05, 0.1) is 5.69 Å². The van der Waals surface area contributed by atoms with Crippen molar-refractivity contribution in [3.05, 3.63) is 17.0 Å². The van der Waals surface area contributed by atoms with E-state index in [-0.39, 0.29) is 0 Å². The van der Waals surface area contributed by atoms with Gasteiger partial charge in [-0.25, -0.2) is 0 Å². The molecule has 0 aliphatic carbocycles. The van der Waals surface area contributed by atoms with Crippen molar-refractivity contribution in [1.29, 1.82) is 0 Å². The molecule has 1 atom stereocenters. The zero-order valence-corrected chi connectivity index (χ0v) is 12.2. The van der Waals surface area contributed by atoms with E-state index in [2.05, 4.69) is 36.2 Å². The molecular formula is C14H26N4. The number of aromatic nitrogens is 2. The number of nitrogens with zero attached hydrogens (tertiary/aromatic N) is 3. The second kappa shape index (κ2) is 5.85. The second-order valence-corrected chi connectivity index (χ2v) is 5.68. The highest BCUT2D eigenvalue weighted by Crippen LogP contribution is 2.16. The van der Waals surface area contributed by atoms with Crippen molar-refractivity contribution in [1.82, 2.24) is 20.0 Å². The Balaban J connectivity index is 1.91. The molecule has 1 aromatic rings. The van der Waals surface area contributed by atoms with E-state index in [1.54, 1.807) is 0 Å². The Hall–Kier alpha value is -0.870. The molecule has 0 aromatic carbocycles. The maximum Gasteiger partial charge on any atom is 0.0641 e. The van der Waals surface area contributed by atoms with E-state index in [1.807, 2.05) is 11.7 Å². The van der Waals surface area contributed by atoms with Crippen molar-refractivity contribution in [3.8, 4) is 0 Å². The Kier molecular flexibility index (Phi) is 4.40. The number of nitrogens with one attached hydrogen (secondary N) is 1. The van der Waals surface area contributed by atoms with Crippen molar-refractivity contribution in [2.24, 2.45) is 13.0 Å². The van der Waals surface area contributed by atoms with Crippen molar-refractivity contribution in [2.45, 2.75) is 33.2 Å². The molecule has 1 aliphatic heterocycles. The van der Waals surface area contributed by atoms with Crippen molar-refractivity contribution in [3.63, 3.8) is 0 Å². The molecule has 18 heavy (non-hydrogen) atoms. The molecule has 4 nitrogen and oxygen atoms in total. The Bertz CT molecular complexity index is 391. The molecule has 0 unspecified atom stereocenters. The monoisotopic (exact) mass is 250 g/mol. The van der Waals surface area contributed by atoms with Gasteiger partial charge in [0.25, 0.3) is 0 Å². The lowest BCUT2D eigenvalue weighted by molar-refractivity contribution is 0.237. The molecule has 1 aromatic heterocycles. The van der Waals surface area contributed by atoms with E-state index in [9.17, 15) is 0 Å².